The highest BCUT2D eigenvalue weighted by molar-refractivity contribution is 7.80. The number of benzene rings is 1. The number of thiocarbonyl (C=S) groups is 1. The van der Waals surface area contributed by atoms with Crippen molar-refractivity contribution in [1.29, 1.82) is 0 Å². The molecule has 2 aromatic heterocycles. The van der Waals surface area contributed by atoms with E-state index in [9.17, 15) is 0 Å². The van der Waals surface area contributed by atoms with Crippen molar-refractivity contribution in [1.82, 2.24) is 14.7 Å². The fourth-order valence-electron chi connectivity index (χ4n) is 1.80. The fourth-order valence-corrected chi connectivity index (χ4v) is 2.61. The molecule has 6 heteroatoms. The highest BCUT2D eigenvalue weighted by atomic mass is 32.1. The van der Waals surface area contributed by atoms with Gasteiger partial charge in [0.2, 0.25) is 0 Å². The summed E-state index contributed by atoms with van der Waals surface area (Å²) in [5.41, 5.74) is 1.91. The Hall–Kier alpha value is -2.05. The van der Waals surface area contributed by atoms with Crippen molar-refractivity contribution < 1.29 is 0 Å². The van der Waals surface area contributed by atoms with Crippen molar-refractivity contribution in [2.75, 3.05) is 5.32 Å². The van der Waals surface area contributed by atoms with Gasteiger partial charge in [0.25, 0.3) is 0 Å². The van der Waals surface area contributed by atoms with Crippen LogP contribution in [-0.4, -0.2) is 14.5 Å². The van der Waals surface area contributed by atoms with E-state index in [-0.39, 0.29) is 0 Å². The number of fused-ring (bicyclic) bond motifs is 1. The minimum Gasteiger partial charge on any atom is -0.357 e. The Bertz CT molecular complexity index is 724. The molecule has 0 radical (unpaired) electrons. The zero-order chi connectivity index (χ0) is 13.8. The van der Waals surface area contributed by atoms with Crippen LogP contribution >= 0.6 is 23.8 Å². The second kappa shape index (κ2) is 5.94. The Balaban J connectivity index is 1.61. The predicted molar refractivity (Wildman–Crippen MR) is 86.9 cm³/mol. The second-order valence-corrected chi connectivity index (χ2v) is 5.45. The maximum atomic E-state index is 5.27. The summed E-state index contributed by atoms with van der Waals surface area (Å²) in [5.74, 6) is 0. The largest absolute Gasteiger partial charge is 0.357 e. The first-order chi connectivity index (χ1) is 9.81. The quantitative estimate of drug-likeness (QED) is 0.728. The van der Waals surface area contributed by atoms with E-state index in [2.05, 4.69) is 20.0 Å². The molecule has 100 valence electrons. The molecule has 0 amide bonds. The summed E-state index contributed by atoms with van der Waals surface area (Å²) < 4.78 is 5.32. The van der Waals surface area contributed by atoms with E-state index in [4.69, 9.17) is 12.2 Å². The number of hydrogen-bond acceptors (Lipinski definition) is 4. The Labute approximate surface area is 126 Å². The topological polar surface area (TPSA) is 49.8 Å². The molecule has 0 spiro atoms. The predicted octanol–water partition coefficient (Wildman–Crippen LogP) is 3.18. The lowest BCUT2D eigenvalue weighted by Crippen LogP contribution is -2.28. The van der Waals surface area contributed by atoms with E-state index in [1.807, 2.05) is 42.6 Å². The van der Waals surface area contributed by atoms with Gasteiger partial charge in [0.15, 0.2) is 5.11 Å². The van der Waals surface area contributed by atoms with Gasteiger partial charge in [0.05, 0.1) is 16.9 Å². The van der Waals surface area contributed by atoms with Crippen LogP contribution in [0.25, 0.3) is 10.1 Å². The molecule has 4 nitrogen and oxygen atoms in total. The second-order valence-electron chi connectivity index (χ2n) is 4.21. The summed E-state index contributed by atoms with van der Waals surface area (Å²) in [6.45, 7) is 0.606. The lowest BCUT2D eigenvalue weighted by molar-refractivity contribution is 0.882. The van der Waals surface area contributed by atoms with E-state index >= 15 is 0 Å². The number of anilines is 1. The van der Waals surface area contributed by atoms with E-state index in [1.54, 1.807) is 6.20 Å². The van der Waals surface area contributed by atoms with E-state index in [1.165, 1.54) is 16.2 Å². The van der Waals surface area contributed by atoms with Gasteiger partial charge in [-0.2, -0.15) is 4.37 Å². The third-order valence-electron chi connectivity index (χ3n) is 2.77. The molecule has 2 N–H and O–H groups in total. The fraction of sp³-hybridized carbons (Fsp3) is 0.0714. The van der Waals surface area contributed by atoms with Gasteiger partial charge in [-0.1, -0.05) is 6.07 Å². The number of nitrogens with zero attached hydrogens (tertiary/aromatic N) is 2. The van der Waals surface area contributed by atoms with Crippen LogP contribution < -0.4 is 10.6 Å². The molecule has 0 aliphatic rings. The van der Waals surface area contributed by atoms with Crippen molar-refractivity contribution >= 4 is 44.6 Å². The van der Waals surface area contributed by atoms with Gasteiger partial charge in [-0.25, -0.2) is 0 Å². The average molecular weight is 300 g/mol. The molecule has 20 heavy (non-hydrogen) atoms. The summed E-state index contributed by atoms with van der Waals surface area (Å²) in [7, 11) is 0. The Kier molecular flexibility index (Phi) is 3.85. The first kappa shape index (κ1) is 13.0. The lowest BCUT2D eigenvalue weighted by atomic mass is 10.2. The SMILES string of the molecule is S=C(NCc1ccccn1)Nc1ccc2sncc2c1. The molecule has 3 aromatic rings. The standard InChI is InChI=1S/C14H12N4S2/c19-14(16-9-12-3-1-2-6-15-12)18-11-4-5-13-10(7-11)8-17-20-13/h1-8H,9H2,(H2,16,18,19). The number of aromatic nitrogens is 2. The first-order valence-corrected chi connectivity index (χ1v) is 7.28. The Morgan fingerprint density at radius 3 is 3.05 bits per heavy atom. The maximum absolute atomic E-state index is 5.27. The number of hydrogen-bond donors (Lipinski definition) is 2. The highest BCUT2D eigenvalue weighted by Crippen LogP contribution is 2.21. The third-order valence-corrected chi connectivity index (χ3v) is 3.79. The van der Waals surface area contributed by atoms with Gasteiger partial charge in [-0.05, 0) is 54.1 Å². The van der Waals surface area contributed by atoms with E-state index in [0.717, 1.165) is 16.8 Å². The van der Waals surface area contributed by atoms with Crippen molar-refractivity contribution in [2.45, 2.75) is 6.54 Å². The van der Waals surface area contributed by atoms with Crippen LogP contribution in [0.3, 0.4) is 0 Å². The van der Waals surface area contributed by atoms with Crippen LogP contribution in [0.15, 0.2) is 48.8 Å². The van der Waals surface area contributed by atoms with Crippen LogP contribution in [0.1, 0.15) is 5.69 Å². The van der Waals surface area contributed by atoms with Crippen LogP contribution in [0.5, 0.6) is 0 Å². The normalized spacial score (nSPS) is 10.4. The van der Waals surface area contributed by atoms with Crippen molar-refractivity contribution in [3.05, 3.63) is 54.5 Å². The molecule has 0 saturated carbocycles. The summed E-state index contributed by atoms with van der Waals surface area (Å²) in [6.07, 6.45) is 3.63. The van der Waals surface area contributed by atoms with Crippen molar-refractivity contribution in [3.8, 4) is 0 Å². The molecule has 3 rings (SSSR count). The molecule has 0 aliphatic carbocycles. The van der Waals surface area contributed by atoms with E-state index < -0.39 is 0 Å². The smallest absolute Gasteiger partial charge is 0.171 e. The van der Waals surface area contributed by atoms with Crippen LogP contribution in [0.2, 0.25) is 0 Å². The zero-order valence-corrected chi connectivity index (χ0v) is 12.2. The molecule has 0 bridgehead atoms. The molecule has 0 atom stereocenters. The van der Waals surface area contributed by atoms with Gasteiger partial charge < -0.3 is 10.6 Å². The van der Waals surface area contributed by atoms with Crippen molar-refractivity contribution in [3.63, 3.8) is 0 Å². The summed E-state index contributed by atoms with van der Waals surface area (Å²) in [6, 6.07) is 11.9. The molecule has 0 fully saturated rings. The molecule has 0 unspecified atom stereocenters. The highest BCUT2D eigenvalue weighted by Gasteiger charge is 2.01. The van der Waals surface area contributed by atoms with Crippen LogP contribution in [-0.2, 0) is 6.54 Å². The van der Waals surface area contributed by atoms with Gasteiger partial charge >= 0.3 is 0 Å². The minimum absolute atomic E-state index is 0.582. The molecule has 2 heterocycles. The molecule has 0 aliphatic heterocycles. The average Bonchev–Trinajstić information content (AvgIpc) is 2.94. The maximum Gasteiger partial charge on any atom is 0.171 e. The van der Waals surface area contributed by atoms with E-state index in [0.29, 0.717) is 11.7 Å². The van der Waals surface area contributed by atoms with Gasteiger partial charge in [-0.3, -0.25) is 4.98 Å². The third kappa shape index (κ3) is 3.09. The lowest BCUT2D eigenvalue weighted by Gasteiger charge is -2.10. The molecule has 0 saturated heterocycles. The van der Waals surface area contributed by atoms with Crippen molar-refractivity contribution in [2.24, 2.45) is 0 Å². The first-order valence-electron chi connectivity index (χ1n) is 6.10. The Morgan fingerprint density at radius 1 is 1.25 bits per heavy atom. The van der Waals surface area contributed by atoms with Crippen LogP contribution in [0, 0.1) is 0 Å². The number of rotatable bonds is 3. The monoisotopic (exact) mass is 300 g/mol. The van der Waals surface area contributed by atoms with Gasteiger partial charge in [-0.15, -0.1) is 0 Å². The van der Waals surface area contributed by atoms with Gasteiger partial charge in [0.1, 0.15) is 0 Å². The Morgan fingerprint density at radius 2 is 2.20 bits per heavy atom. The summed E-state index contributed by atoms with van der Waals surface area (Å²) in [4.78, 5) is 4.23. The molecular formula is C14H12N4S2. The molecular weight excluding hydrogens is 288 g/mol. The minimum atomic E-state index is 0.582. The van der Waals surface area contributed by atoms with Crippen LogP contribution in [0.4, 0.5) is 5.69 Å². The zero-order valence-electron chi connectivity index (χ0n) is 10.5. The van der Waals surface area contributed by atoms with Gasteiger partial charge in [0, 0.05) is 23.5 Å². The summed E-state index contributed by atoms with van der Waals surface area (Å²) in [5, 5.41) is 8.00. The number of nitrogens with one attached hydrogen (secondary N) is 2. The number of pyridine rings is 1. The summed E-state index contributed by atoms with van der Waals surface area (Å²) >= 11 is 6.76. The molecule has 1 aromatic carbocycles.